The van der Waals surface area contributed by atoms with E-state index in [9.17, 15) is 9.59 Å². The Morgan fingerprint density at radius 3 is 2.88 bits per heavy atom. The van der Waals surface area contributed by atoms with E-state index >= 15 is 0 Å². The summed E-state index contributed by atoms with van der Waals surface area (Å²) >= 11 is 0. The Kier molecular flexibility index (Phi) is 4.60. The first-order chi connectivity index (χ1) is 12.1. The highest BCUT2D eigenvalue weighted by Gasteiger charge is 2.13. The van der Waals surface area contributed by atoms with Crippen LogP contribution in [0.4, 0.5) is 10.5 Å². The highest BCUT2D eigenvalue weighted by Crippen LogP contribution is 2.17. The molecular weight excluding hydrogens is 322 g/mol. The van der Waals surface area contributed by atoms with E-state index in [1.165, 1.54) is 17.1 Å². The van der Waals surface area contributed by atoms with Gasteiger partial charge in [0.1, 0.15) is 6.33 Å². The summed E-state index contributed by atoms with van der Waals surface area (Å²) in [6.45, 7) is 2.18. The number of fused-ring (bicyclic) bond motifs is 1. The molecule has 3 aromatic rings. The van der Waals surface area contributed by atoms with Crippen LogP contribution in [0.25, 0.3) is 11.0 Å². The van der Waals surface area contributed by atoms with Crippen LogP contribution in [-0.2, 0) is 11.3 Å². The molecule has 2 heterocycles. The molecule has 0 atom stereocenters. The van der Waals surface area contributed by atoms with Crippen molar-refractivity contribution in [3.8, 4) is 0 Å². The minimum atomic E-state index is -0.528. The van der Waals surface area contributed by atoms with Crippen LogP contribution >= 0.6 is 0 Å². The van der Waals surface area contributed by atoms with Crippen LogP contribution in [-0.4, -0.2) is 33.1 Å². The zero-order valence-corrected chi connectivity index (χ0v) is 13.6. The number of aromatic nitrogens is 3. The van der Waals surface area contributed by atoms with E-state index in [1.807, 2.05) is 0 Å². The van der Waals surface area contributed by atoms with Gasteiger partial charge in [0.2, 0.25) is 0 Å². The van der Waals surface area contributed by atoms with Crippen LogP contribution in [0.2, 0.25) is 0 Å². The number of benzene rings is 1. The SMILES string of the molecule is CCOC(=O)NCc1cc(C(=O)n2cnc3cc(N)ccc32)ccn1. The lowest BCUT2D eigenvalue weighted by Gasteiger charge is -2.07. The third-order valence-electron chi connectivity index (χ3n) is 3.54. The van der Waals surface area contributed by atoms with E-state index < -0.39 is 6.09 Å². The van der Waals surface area contributed by atoms with Crippen LogP contribution in [0.1, 0.15) is 23.0 Å². The largest absolute Gasteiger partial charge is 0.450 e. The molecule has 3 N–H and O–H groups in total. The zero-order valence-electron chi connectivity index (χ0n) is 13.6. The normalized spacial score (nSPS) is 10.6. The third kappa shape index (κ3) is 3.57. The number of nitrogens with two attached hydrogens (primary N) is 1. The first-order valence-corrected chi connectivity index (χ1v) is 7.71. The predicted molar refractivity (Wildman–Crippen MR) is 92.0 cm³/mol. The Hall–Kier alpha value is -3.42. The van der Waals surface area contributed by atoms with Gasteiger partial charge >= 0.3 is 6.09 Å². The number of anilines is 1. The molecule has 0 bridgehead atoms. The van der Waals surface area contributed by atoms with Gasteiger partial charge in [0.25, 0.3) is 5.91 Å². The Labute approximate surface area is 143 Å². The minimum absolute atomic E-state index is 0.168. The van der Waals surface area contributed by atoms with Gasteiger partial charge in [-0.25, -0.2) is 9.78 Å². The van der Waals surface area contributed by atoms with Crippen molar-refractivity contribution in [1.29, 1.82) is 0 Å². The van der Waals surface area contributed by atoms with Crippen molar-refractivity contribution in [2.24, 2.45) is 0 Å². The summed E-state index contributed by atoms with van der Waals surface area (Å²) in [5.41, 5.74) is 8.62. The lowest BCUT2D eigenvalue weighted by atomic mass is 10.2. The number of carbonyl (C=O) groups excluding carboxylic acids is 2. The number of carbonyl (C=O) groups is 2. The average molecular weight is 339 g/mol. The molecule has 0 aliphatic heterocycles. The standard InChI is InChI=1S/C17H17N5O3/c1-2-25-17(24)20-9-13-7-11(5-6-19-13)16(23)22-10-21-14-8-12(18)3-4-15(14)22/h3-8,10H,2,9,18H2,1H3,(H,20,24). The second kappa shape index (κ2) is 7.00. The first-order valence-electron chi connectivity index (χ1n) is 7.71. The second-order valence-electron chi connectivity index (χ2n) is 5.28. The molecule has 8 heteroatoms. The summed E-state index contributed by atoms with van der Waals surface area (Å²) < 4.78 is 6.24. The van der Waals surface area contributed by atoms with E-state index in [4.69, 9.17) is 10.5 Å². The third-order valence-corrected chi connectivity index (χ3v) is 3.54. The molecule has 2 aromatic heterocycles. The fourth-order valence-electron chi connectivity index (χ4n) is 2.38. The predicted octanol–water partition coefficient (Wildman–Crippen LogP) is 1.95. The van der Waals surface area contributed by atoms with Crippen LogP contribution in [0.5, 0.6) is 0 Å². The second-order valence-corrected chi connectivity index (χ2v) is 5.28. The number of amides is 1. The molecule has 0 fully saturated rings. The highest BCUT2D eigenvalue weighted by atomic mass is 16.5. The molecule has 0 spiro atoms. The van der Waals surface area contributed by atoms with Crippen LogP contribution in [0.3, 0.4) is 0 Å². The minimum Gasteiger partial charge on any atom is -0.450 e. The number of nitrogens with one attached hydrogen (secondary N) is 1. The number of rotatable bonds is 4. The van der Waals surface area contributed by atoms with E-state index in [-0.39, 0.29) is 19.1 Å². The van der Waals surface area contributed by atoms with Gasteiger partial charge in [-0.15, -0.1) is 0 Å². The maximum absolute atomic E-state index is 12.8. The Morgan fingerprint density at radius 2 is 2.08 bits per heavy atom. The van der Waals surface area contributed by atoms with Gasteiger partial charge in [-0.3, -0.25) is 14.3 Å². The van der Waals surface area contributed by atoms with Crippen molar-refractivity contribution in [3.63, 3.8) is 0 Å². The number of ether oxygens (including phenoxy) is 1. The number of nitrogen functional groups attached to an aromatic ring is 1. The van der Waals surface area contributed by atoms with Crippen molar-refractivity contribution < 1.29 is 14.3 Å². The van der Waals surface area contributed by atoms with Crippen LogP contribution < -0.4 is 11.1 Å². The molecule has 25 heavy (non-hydrogen) atoms. The lowest BCUT2D eigenvalue weighted by molar-refractivity contribution is 0.0964. The van der Waals surface area contributed by atoms with Crippen molar-refractivity contribution in [2.75, 3.05) is 12.3 Å². The Balaban J connectivity index is 1.82. The zero-order chi connectivity index (χ0) is 17.8. The van der Waals surface area contributed by atoms with Crippen molar-refractivity contribution >= 4 is 28.7 Å². The molecular formula is C17H17N5O3. The van der Waals surface area contributed by atoms with E-state index in [0.717, 1.165) is 0 Å². The van der Waals surface area contributed by atoms with Gasteiger partial charge < -0.3 is 15.8 Å². The number of hydrogen-bond donors (Lipinski definition) is 2. The molecule has 0 aliphatic rings. The van der Waals surface area contributed by atoms with E-state index in [2.05, 4.69) is 15.3 Å². The number of hydrogen-bond acceptors (Lipinski definition) is 6. The molecule has 0 saturated carbocycles. The fourth-order valence-corrected chi connectivity index (χ4v) is 2.38. The maximum Gasteiger partial charge on any atom is 0.407 e. The molecule has 0 radical (unpaired) electrons. The number of pyridine rings is 1. The summed E-state index contributed by atoms with van der Waals surface area (Å²) in [6, 6.07) is 8.41. The van der Waals surface area contributed by atoms with Gasteiger partial charge in [0.05, 0.1) is 29.9 Å². The van der Waals surface area contributed by atoms with Gasteiger partial charge in [-0.05, 0) is 37.3 Å². The summed E-state index contributed by atoms with van der Waals surface area (Å²) in [4.78, 5) is 32.4. The molecule has 0 unspecified atom stereocenters. The van der Waals surface area contributed by atoms with E-state index in [0.29, 0.717) is 28.0 Å². The molecule has 128 valence electrons. The fraction of sp³-hybridized carbons (Fsp3) is 0.176. The topological polar surface area (TPSA) is 112 Å². The van der Waals surface area contributed by atoms with Gasteiger partial charge in [0, 0.05) is 17.4 Å². The summed E-state index contributed by atoms with van der Waals surface area (Å²) in [7, 11) is 0. The smallest absolute Gasteiger partial charge is 0.407 e. The lowest BCUT2D eigenvalue weighted by Crippen LogP contribution is -2.24. The molecule has 0 saturated heterocycles. The van der Waals surface area contributed by atoms with Crippen molar-refractivity contribution in [3.05, 3.63) is 54.1 Å². The summed E-state index contributed by atoms with van der Waals surface area (Å²) in [5.74, 6) is -0.243. The van der Waals surface area contributed by atoms with Crippen LogP contribution in [0.15, 0.2) is 42.9 Å². The maximum atomic E-state index is 12.8. The quantitative estimate of drug-likeness (QED) is 0.703. The Morgan fingerprint density at radius 1 is 1.24 bits per heavy atom. The van der Waals surface area contributed by atoms with E-state index in [1.54, 1.807) is 37.3 Å². The highest BCUT2D eigenvalue weighted by molar-refractivity contribution is 6.01. The monoisotopic (exact) mass is 339 g/mol. The van der Waals surface area contributed by atoms with Gasteiger partial charge in [0.15, 0.2) is 0 Å². The number of imidazole rings is 1. The van der Waals surface area contributed by atoms with Gasteiger partial charge in [-0.2, -0.15) is 0 Å². The van der Waals surface area contributed by atoms with Crippen molar-refractivity contribution in [2.45, 2.75) is 13.5 Å². The summed E-state index contributed by atoms with van der Waals surface area (Å²) in [6.07, 6.45) is 2.45. The van der Waals surface area contributed by atoms with Gasteiger partial charge in [-0.1, -0.05) is 0 Å². The average Bonchev–Trinajstić information content (AvgIpc) is 3.02. The van der Waals surface area contributed by atoms with Crippen LogP contribution in [0, 0.1) is 0 Å². The molecule has 8 nitrogen and oxygen atoms in total. The number of alkyl carbamates (subject to hydrolysis) is 1. The summed E-state index contributed by atoms with van der Waals surface area (Å²) in [5, 5.41) is 2.57. The molecule has 1 aromatic carbocycles. The molecule has 3 rings (SSSR count). The van der Waals surface area contributed by atoms with Crippen molar-refractivity contribution in [1.82, 2.24) is 19.9 Å². The molecule has 0 aliphatic carbocycles. The Bertz CT molecular complexity index is 935. The number of nitrogens with zero attached hydrogens (tertiary/aromatic N) is 3. The first kappa shape index (κ1) is 16.4. The molecule has 1 amide bonds.